The quantitative estimate of drug-likeness (QED) is 0.688. The number of aryl methyl sites for hydroxylation is 3. The number of rotatable bonds is 5. The highest BCUT2D eigenvalue weighted by molar-refractivity contribution is 7.92. The van der Waals surface area contributed by atoms with Gasteiger partial charge >= 0.3 is 0 Å². The van der Waals surface area contributed by atoms with E-state index in [2.05, 4.69) is 10.0 Å². The van der Waals surface area contributed by atoms with Crippen molar-refractivity contribution in [3.63, 3.8) is 0 Å². The van der Waals surface area contributed by atoms with Gasteiger partial charge < -0.3 is 9.73 Å². The number of carbonyl (C=O) groups is 1. The van der Waals surface area contributed by atoms with Crippen molar-refractivity contribution in [1.82, 2.24) is 0 Å². The molecule has 2 N–H and O–H groups in total. The summed E-state index contributed by atoms with van der Waals surface area (Å²) in [6.45, 7) is 5.40. The summed E-state index contributed by atoms with van der Waals surface area (Å²) in [5, 5.41) is 2.76. The van der Waals surface area contributed by atoms with Crippen LogP contribution in [0.25, 0.3) is 0 Å². The number of benzene rings is 2. The minimum absolute atomic E-state index is 0.191. The molecule has 27 heavy (non-hydrogen) atoms. The Kier molecular flexibility index (Phi) is 5.05. The zero-order valence-electron chi connectivity index (χ0n) is 15.2. The van der Waals surface area contributed by atoms with Crippen molar-refractivity contribution < 1.29 is 17.6 Å². The van der Waals surface area contributed by atoms with Crippen LogP contribution in [0, 0.1) is 20.8 Å². The number of hydrogen-bond donors (Lipinski definition) is 2. The fourth-order valence-electron chi connectivity index (χ4n) is 2.61. The molecule has 0 saturated heterocycles. The van der Waals surface area contributed by atoms with Gasteiger partial charge in [-0.05, 0) is 63.2 Å². The van der Waals surface area contributed by atoms with Gasteiger partial charge in [-0.15, -0.1) is 0 Å². The molecule has 0 atom stereocenters. The minimum atomic E-state index is -3.66. The number of sulfonamides is 1. The maximum absolute atomic E-state index is 12.4. The molecule has 140 valence electrons. The van der Waals surface area contributed by atoms with E-state index < -0.39 is 10.0 Å². The Balaban J connectivity index is 1.71. The number of carbonyl (C=O) groups excluding carboxylic acids is 1. The van der Waals surface area contributed by atoms with Crippen molar-refractivity contribution in [1.29, 1.82) is 0 Å². The van der Waals surface area contributed by atoms with E-state index in [9.17, 15) is 13.2 Å². The van der Waals surface area contributed by atoms with Crippen molar-refractivity contribution in [2.75, 3.05) is 10.0 Å². The molecule has 0 fully saturated rings. The van der Waals surface area contributed by atoms with Gasteiger partial charge in [-0.3, -0.25) is 9.52 Å². The van der Waals surface area contributed by atoms with Crippen LogP contribution >= 0.6 is 0 Å². The summed E-state index contributed by atoms with van der Waals surface area (Å²) in [7, 11) is -3.66. The van der Waals surface area contributed by atoms with Gasteiger partial charge in [0.1, 0.15) is 11.5 Å². The molecule has 3 aromatic rings. The van der Waals surface area contributed by atoms with E-state index in [0.29, 0.717) is 28.5 Å². The van der Waals surface area contributed by atoms with E-state index in [1.807, 2.05) is 6.92 Å². The number of nitrogens with one attached hydrogen (secondary N) is 2. The van der Waals surface area contributed by atoms with Gasteiger partial charge in [0.2, 0.25) is 0 Å². The first kappa shape index (κ1) is 18.7. The average Bonchev–Trinajstić information content (AvgIpc) is 2.95. The average molecular weight is 384 g/mol. The maximum atomic E-state index is 12.4. The summed E-state index contributed by atoms with van der Waals surface area (Å²) < 4.78 is 32.7. The van der Waals surface area contributed by atoms with Gasteiger partial charge in [-0.25, -0.2) is 8.42 Å². The zero-order valence-corrected chi connectivity index (χ0v) is 16.1. The molecule has 6 nitrogen and oxygen atoms in total. The van der Waals surface area contributed by atoms with Crippen LogP contribution in [0.2, 0.25) is 0 Å². The molecule has 0 unspecified atom stereocenters. The SMILES string of the molecule is Cc1ccc(S(=O)(=O)Nc2ccc(NC(=O)c3cc(C)oc3C)cc2)cc1. The highest BCUT2D eigenvalue weighted by Gasteiger charge is 2.15. The van der Waals surface area contributed by atoms with Gasteiger partial charge in [0, 0.05) is 11.4 Å². The maximum Gasteiger partial charge on any atom is 0.261 e. The number of hydrogen-bond acceptors (Lipinski definition) is 4. The molecule has 1 aromatic heterocycles. The topological polar surface area (TPSA) is 88.4 Å². The van der Waals surface area contributed by atoms with E-state index >= 15 is 0 Å². The van der Waals surface area contributed by atoms with Crippen molar-refractivity contribution in [3.8, 4) is 0 Å². The van der Waals surface area contributed by atoms with Gasteiger partial charge in [0.25, 0.3) is 15.9 Å². The van der Waals surface area contributed by atoms with Crippen molar-refractivity contribution in [2.24, 2.45) is 0 Å². The fraction of sp³-hybridized carbons (Fsp3) is 0.150. The van der Waals surface area contributed by atoms with E-state index in [4.69, 9.17) is 4.42 Å². The first-order chi connectivity index (χ1) is 12.7. The number of furan rings is 1. The molecule has 0 aliphatic carbocycles. The molecule has 2 aromatic carbocycles. The van der Waals surface area contributed by atoms with E-state index in [1.165, 1.54) is 0 Å². The molecule has 0 radical (unpaired) electrons. The third-order valence-electron chi connectivity index (χ3n) is 4.01. The molecule has 1 amide bonds. The van der Waals surface area contributed by atoms with E-state index in [1.54, 1.807) is 68.4 Å². The Bertz CT molecular complexity index is 1070. The monoisotopic (exact) mass is 384 g/mol. The lowest BCUT2D eigenvalue weighted by Gasteiger charge is -2.10. The van der Waals surface area contributed by atoms with Crippen LogP contribution in [0.4, 0.5) is 11.4 Å². The highest BCUT2D eigenvalue weighted by Crippen LogP contribution is 2.20. The largest absolute Gasteiger partial charge is 0.466 e. The Morgan fingerprint density at radius 1 is 0.889 bits per heavy atom. The second kappa shape index (κ2) is 7.28. The van der Waals surface area contributed by atoms with Crippen LogP contribution in [-0.4, -0.2) is 14.3 Å². The zero-order chi connectivity index (χ0) is 19.6. The second-order valence-electron chi connectivity index (χ2n) is 6.28. The molecule has 0 aliphatic heterocycles. The van der Waals surface area contributed by atoms with Crippen molar-refractivity contribution in [3.05, 3.63) is 77.2 Å². The van der Waals surface area contributed by atoms with Crippen LogP contribution in [-0.2, 0) is 10.0 Å². The Morgan fingerprint density at radius 3 is 2.04 bits per heavy atom. The van der Waals surface area contributed by atoms with E-state index in [-0.39, 0.29) is 10.8 Å². The van der Waals surface area contributed by atoms with Crippen molar-refractivity contribution >= 4 is 27.3 Å². The summed E-state index contributed by atoms with van der Waals surface area (Å²) >= 11 is 0. The molecule has 1 heterocycles. The van der Waals surface area contributed by atoms with Gasteiger partial charge in [-0.1, -0.05) is 17.7 Å². The Hall–Kier alpha value is -3.06. The third-order valence-corrected chi connectivity index (χ3v) is 5.41. The van der Waals surface area contributed by atoms with Crippen LogP contribution in [0.1, 0.15) is 27.4 Å². The Labute approximate surface area is 158 Å². The predicted molar refractivity (Wildman–Crippen MR) is 105 cm³/mol. The van der Waals surface area contributed by atoms with Crippen LogP contribution in [0.3, 0.4) is 0 Å². The normalized spacial score (nSPS) is 11.2. The van der Waals surface area contributed by atoms with Crippen LogP contribution in [0.15, 0.2) is 63.9 Å². The molecule has 0 spiro atoms. The van der Waals surface area contributed by atoms with Gasteiger partial charge in [0.05, 0.1) is 10.5 Å². The lowest BCUT2D eigenvalue weighted by molar-refractivity contribution is 0.102. The molecule has 0 saturated carbocycles. The van der Waals surface area contributed by atoms with Gasteiger partial charge in [-0.2, -0.15) is 0 Å². The molecule has 0 aliphatic rings. The number of anilines is 2. The van der Waals surface area contributed by atoms with Gasteiger partial charge in [0.15, 0.2) is 0 Å². The third kappa shape index (κ3) is 4.38. The van der Waals surface area contributed by atoms with Crippen LogP contribution < -0.4 is 10.0 Å². The lowest BCUT2D eigenvalue weighted by Crippen LogP contribution is -2.14. The summed E-state index contributed by atoms with van der Waals surface area (Å²) in [4.78, 5) is 12.5. The standard InChI is InChI=1S/C20H20N2O4S/c1-13-4-10-18(11-5-13)27(24,25)22-17-8-6-16(7-9-17)21-20(23)19-12-14(2)26-15(19)3/h4-12,22H,1-3H3,(H,21,23). The second-order valence-corrected chi connectivity index (χ2v) is 7.96. The first-order valence-corrected chi connectivity index (χ1v) is 9.81. The van der Waals surface area contributed by atoms with Crippen LogP contribution in [0.5, 0.6) is 0 Å². The first-order valence-electron chi connectivity index (χ1n) is 8.32. The van der Waals surface area contributed by atoms with E-state index in [0.717, 1.165) is 5.56 Å². The molecular formula is C20H20N2O4S. The summed E-state index contributed by atoms with van der Waals surface area (Å²) in [5.41, 5.74) is 2.41. The highest BCUT2D eigenvalue weighted by atomic mass is 32.2. The molecular weight excluding hydrogens is 364 g/mol. The lowest BCUT2D eigenvalue weighted by atomic mass is 10.2. The molecule has 0 bridgehead atoms. The smallest absolute Gasteiger partial charge is 0.261 e. The summed E-state index contributed by atoms with van der Waals surface area (Å²) in [5.74, 6) is 0.934. The predicted octanol–water partition coefficient (Wildman–Crippen LogP) is 4.26. The molecule has 3 rings (SSSR count). The summed E-state index contributed by atoms with van der Waals surface area (Å²) in [6.07, 6.45) is 0. The summed E-state index contributed by atoms with van der Waals surface area (Å²) in [6, 6.07) is 14.7. The fourth-order valence-corrected chi connectivity index (χ4v) is 3.67. The minimum Gasteiger partial charge on any atom is -0.466 e. The Morgan fingerprint density at radius 2 is 1.48 bits per heavy atom. The van der Waals surface area contributed by atoms with Crippen molar-refractivity contribution in [2.45, 2.75) is 25.7 Å². The molecule has 7 heteroatoms. The number of amides is 1.